The summed E-state index contributed by atoms with van der Waals surface area (Å²) in [5.74, 6) is 0. The molecule has 0 aliphatic carbocycles. The van der Waals surface area contributed by atoms with E-state index in [2.05, 4.69) is 15.9 Å². The molecule has 1 aromatic rings. The van der Waals surface area contributed by atoms with E-state index in [4.69, 9.17) is 0 Å². The predicted molar refractivity (Wildman–Crippen MR) is 59.3 cm³/mol. The van der Waals surface area contributed by atoms with Crippen molar-refractivity contribution in [2.45, 2.75) is 12.4 Å². The molecule has 0 unspecified atom stereocenters. The largest absolute Gasteiger partial charge is 0.416 e. The third kappa shape index (κ3) is 4.04. The van der Waals surface area contributed by atoms with Gasteiger partial charge in [0.1, 0.15) is 0 Å². The van der Waals surface area contributed by atoms with Crippen molar-refractivity contribution in [2.24, 2.45) is 0 Å². The molecule has 0 radical (unpaired) electrons. The summed E-state index contributed by atoms with van der Waals surface area (Å²) < 4.78 is 74.7. The van der Waals surface area contributed by atoms with Crippen molar-refractivity contribution in [1.29, 1.82) is 0 Å². The molecule has 18 heavy (non-hydrogen) atoms. The van der Waals surface area contributed by atoms with Crippen LogP contribution in [0.1, 0.15) is 16.7 Å². The normalized spacial score (nSPS) is 13.3. The topological polar surface area (TPSA) is 0 Å². The van der Waals surface area contributed by atoms with Gasteiger partial charge in [-0.25, -0.2) is 0 Å². The number of hydrogen-bond donors (Lipinski definition) is 0. The molecule has 0 bridgehead atoms. The van der Waals surface area contributed by atoms with Crippen LogP contribution in [0.2, 0.25) is 0 Å². The number of hydrogen-bond acceptors (Lipinski definition) is 0. The lowest BCUT2D eigenvalue weighted by Gasteiger charge is -2.12. The molecule has 1 aromatic carbocycles. The second-order valence-corrected chi connectivity index (χ2v) is 4.04. The molecular formula is C11H7BrF6. The van der Waals surface area contributed by atoms with Crippen LogP contribution in [0, 0.1) is 0 Å². The van der Waals surface area contributed by atoms with E-state index in [0.29, 0.717) is 17.5 Å². The van der Waals surface area contributed by atoms with Crippen molar-refractivity contribution < 1.29 is 26.3 Å². The second kappa shape index (κ2) is 5.34. The molecule has 0 atom stereocenters. The molecule has 0 heterocycles. The molecule has 0 aliphatic rings. The average Bonchev–Trinajstić information content (AvgIpc) is 2.23. The Hall–Kier alpha value is -0.980. The van der Waals surface area contributed by atoms with Crippen LogP contribution >= 0.6 is 15.9 Å². The molecule has 0 aliphatic heterocycles. The first-order chi connectivity index (χ1) is 8.14. The summed E-state index contributed by atoms with van der Waals surface area (Å²) in [6, 6.07) is 1.45. The first-order valence-corrected chi connectivity index (χ1v) is 5.78. The Morgan fingerprint density at radius 1 is 0.889 bits per heavy atom. The zero-order valence-corrected chi connectivity index (χ0v) is 10.3. The van der Waals surface area contributed by atoms with Crippen molar-refractivity contribution in [2.75, 3.05) is 5.33 Å². The molecule has 7 heteroatoms. The lowest BCUT2D eigenvalue weighted by molar-refractivity contribution is -0.143. The highest BCUT2D eigenvalue weighted by Gasteiger charge is 2.36. The minimum atomic E-state index is -4.81. The Bertz CT molecular complexity index is 412. The zero-order chi connectivity index (χ0) is 14.0. The van der Waals surface area contributed by atoms with Crippen molar-refractivity contribution >= 4 is 22.0 Å². The lowest BCUT2D eigenvalue weighted by atomic mass is 10.0. The van der Waals surface area contributed by atoms with Gasteiger partial charge < -0.3 is 0 Å². The molecule has 0 fully saturated rings. The smallest absolute Gasteiger partial charge is 0.166 e. The van der Waals surface area contributed by atoms with Gasteiger partial charge in [0.2, 0.25) is 0 Å². The summed E-state index contributed by atoms with van der Waals surface area (Å²) in [5, 5.41) is 0.338. The number of allylic oxidation sites excluding steroid dienone is 1. The molecule has 100 valence electrons. The first kappa shape index (κ1) is 15.1. The Kier molecular flexibility index (Phi) is 4.47. The van der Waals surface area contributed by atoms with E-state index in [1.165, 1.54) is 12.2 Å². The Morgan fingerprint density at radius 3 is 1.67 bits per heavy atom. The van der Waals surface area contributed by atoms with Crippen LogP contribution in [0.3, 0.4) is 0 Å². The molecule has 0 N–H and O–H groups in total. The average molecular weight is 333 g/mol. The fourth-order valence-electron chi connectivity index (χ4n) is 1.26. The van der Waals surface area contributed by atoms with Gasteiger partial charge in [-0.3, -0.25) is 0 Å². The van der Waals surface area contributed by atoms with E-state index in [-0.39, 0.29) is 11.6 Å². The van der Waals surface area contributed by atoms with Gasteiger partial charge in [-0.15, -0.1) is 0 Å². The van der Waals surface area contributed by atoms with Gasteiger partial charge in [-0.05, 0) is 23.8 Å². The number of benzene rings is 1. The van der Waals surface area contributed by atoms with Crippen LogP contribution in [0.4, 0.5) is 26.3 Å². The van der Waals surface area contributed by atoms with Crippen molar-refractivity contribution in [3.05, 3.63) is 41.0 Å². The Balaban J connectivity index is 3.34. The molecule has 0 spiro atoms. The van der Waals surface area contributed by atoms with Crippen molar-refractivity contribution in [3.8, 4) is 0 Å². The molecular weight excluding hydrogens is 326 g/mol. The maximum absolute atomic E-state index is 12.5. The SMILES string of the molecule is FC(F)(F)c1cc(C=CCBr)cc(C(F)(F)F)c1. The maximum Gasteiger partial charge on any atom is 0.416 e. The minimum Gasteiger partial charge on any atom is -0.166 e. The molecule has 0 saturated heterocycles. The van der Waals surface area contributed by atoms with Gasteiger partial charge in [-0.2, -0.15) is 26.3 Å². The quantitative estimate of drug-likeness (QED) is 0.520. The number of alkyl halides is 7. The first-order valence-electron chi connectivity index (χ1n) is 4.66. The van der Waals surface area contributed by atoms with Crippen LogP contribution in [0.5, 0.6) is 0 Å². The summed E-state index contributed by atoms with van der Waals surface area (Å²) in [6.45, 7) is 0. The fraction of sp³-hybridized carbons (Fsp3) is 0.273. The van der Waals surface area contributed by atoms with Crippen LogP contribution in [-0.2, 0) is 12.4 Å². The summed E-state index contributed by atoms with van der Waals surface area (Å²) in [4.78, 5) is 0. The summed E-state index contributed by atoms with van der Waals surface area (Å²) in [7, 11) is 0. The van der Waals surface area contributed by atoms with E-state index in [0.717, 1.165) is 0 Å². The third-order valence-corrected chi connectivity index (χ3v) is 2.38. The highest BCUT2D eigenvalue weighted by molar-refractivity contribution is 9.09. The molecule has 0 nitrogen and oxygen atoms in total. The van der Waals surface area contributed by atoms with Gasteiger partial charge in [0, 0.05) is 5.33 Å². The second-order valence-electron chi connectivity index (χ2n) is 3.40. The highest BCUT2D eigenvalue weighted by Crippen LogP contribution is 2.36. The summed E-state index contributed by atoms with van der Waals surface area (Å²) in [6.07, 6.45) is -7.01. The number of rotatable bonds is 2. The van der Waals surface area contributed by atoms with E-state index in [1.807, 2.05) is 0 Å². The summed E-state index contributed by atoms with van der Waals surface area (Å²) in [5.41, 5.74) is -2.77. The van der Waals surface area contributed by atoms with Crippen LogP contribution in [-0.4, -0.2) is 5.33 Å². The van der Waals surface area contributed by atoms with Crippen LogP contribution < -0.4 is 0 Å². The van der Waals surface area contributed by atoms with E-state index >= 15 is 0 Å². The van der Waals surface area contributed by atoms with Gasteiger partial charge in [-0.1, -0.05) is 28.1 Å². The zero-order valence-electron chi connectivity index (χ0n) is 8.74. The third-order valence-electron chi connectivity index (χ3n) is 2.01. The van der Waals surface area contributed by atoms with E-state index < -0.39 is 23.5 Å². The van der Waals surface area contributed by atoms with Crippen LogP contribution in [0.15, 0.2) is 24.3 Å². The fourth-order valence-corrected chi connectivity index (χ4v) is 1.44. The standard InChI is InChI=1S/C11H7BrF6/c12-3-1-2-7-4-8(10(13,14)15)6-9(5-7)11(16,17)18/h1-2,4-6H,3H2. The van der Waals surface area contributed by atoms with Gasteiger partial charge in [0.05, 0.1) is 11.1 Å². The molecule has 0 amide bonds. The maximum atomic E-state index is 12.5. The van der Waals surface area contributed by atoms with Crippen molar-refractivity contribution in [1.82, 2.24) is 0 Å². The number of halogens is 7. The van der Waals surface area contributed by atoms with Gasteiger partial charge in [0.15, 0.2) is 0 Å². The van der Waals surface area contributed by atoms with E-state index in [9.17, 15) is 26.3 Å². The monoisotopic (exact) mass is 332 g/mol. The Labute approximate surface area is 107 Å². The predicted octanol–water partition coefficient (Wildman–Crippen LogP) is 5.13. The van der Waals surface area contributed by atoms with Crippen molar-refractivity contribution in [3.63, 3.8) is 0 Å². The minimum absolute atomic E-state index is 0.103. The Morgan fingerprint density at radius 2 is 1.33 bits per heavy atom. The highest BCUT2D eigenvalue weighted by atomic mass is 79.9. The van der Waals surface area contributed by atoms with E-state index in [1.54, 1.807) is 0 Å². The molecule has 0 saturated carbocycles. The summed E-state index contributed by atoms with van der Waals surface area (Å²) >= 11 is 2.99. The lowest BCUT2D eigenvalue weighted by Crippen LogP contribution is -2.11. The van der Waals surface area contributed by atoms with Gasteiger partial charge in [0.25, 0.3) is 0 Å². The molecule has 0 aromatic heterocycles. The van der Waals surface area contributed by atoms with Crippen LogP contribution in [0.25, 0.3) is 6.08 Å². The van der Waals surface area contributed by atoms with Gasteiger partial charge >= 0.3 is 12.4 Å². The molecule has 1 rings (SSSR count).